The van der Waals surface area contributed by atoms with Gasteiger partial charge in [-0.3, -0.25) is 4.79 Å². The molecule has 0 fully saturated rings. The van der Waals surface area contributed by atoms with Gasteiger partial charge in [0, 0.05) is 16.9 Å². The molecule has 21 heavy (non-hydrogen) atoms. The van der Waals surface area contributed by atoms with Gasteiger partial charge >= 0.3 is 5.97 Å². The summed E-state index contributed by atoms with van der Waals surface area (Å²) in [7, 11) is 0. The predicted molar refractivity (Wildman–Crippen MR) is 82.8 cm³/mol. The van der Waals surface area contributed by atoms with Crippen LogP contribution < -0.4 is 0 Å². The fourth-order valence-corrected chi connectivity index (χ4v) is 2.70. The Morgan fingerprint density at radius 1 is 1.24 bits per heavy atom. The number of ether oxygens (including phenoxy) is 1. The molecule has 0 bridgehead atoms. The largest absolute Gasteiger partial charge is 0.460 e. The predicted octanol–water partition coefficient (Wildman–Crippen LogP) is 3.58. The third-order valence-corrected chi connectivity index (χ3v) is 3.60. The molecule has 0 spiro atoms. The molecule has 0 atom stereocenters. The lowest BCUT2D eigenvalue weighted by molar-refractivity contribution is -0.137. The van der Waals surface area contributed by atoms with Gasteiger partial charge in [0.05, 0.1) is 6.61 Å². The van der Waals surface area contributed by atoms with Gasteiger partial charge in [0.1, 0.15) is 5.69 Å². The van der Waals surface area contributed by atoms with Crippen LogP contribution in [0.1, 0.15) is 48.4 Å². The van der Waals surface area contributed by atoms with Crippen LogP contribution in [0, 0.1) is 13.8 Å². The molecule has 0 saturated carbocycles. The van der Waals surface area contributed by atoms with Crippen molar-refractivity contribution in [3.63, 3.8) is 0 Å². The third kappa shape index (κ3) is 2.58. The average molecular weight is 287 g/mol. The van der Waals surface area contributed by atoms with Crippen LogP contribution in [0.3, 0.4) is 0 Å². The highest BCUT2D eigenvalue weighted by Gasteiger charge is 2.27. The number of hydrogen-bond donors (Lipinski definition) is 0. The van der Waals surface area contributed by atoms with Gasteiger partial charge in [-0.2, -0.15) is 0 Å². The van der Waals surface area contributed by atoms with E-state index >= 15 is 0 Å². The topological polar surface area (TPSA) is 48.3 Å². The molecule has 0 aliphatic rings. The second kappa shape index (κ2) is 5.72. The SMILES string of the molecule is CCOC(=O)C(=O)c1c(C)c2cc(C)ccc2n1C(C)C. The Hall–Kier alpha value is -2.10. The smallest absolute Gasteiger partial charge is 0.381 e. The Kier molecular flexibility index (Phi) is 4.16. The zero-order valence-corrected chi connectivity index (χ0v) is 13.2. The molecule has 4 nitrogen and oxygen atoms in total. The number of carbonyl (C=O) groups excluding carboxylic acids is 2. The molecule has 1 heterocycles. The van der Waals surface area contributed by atoms with Crippen molar-refractivity contribution in [2.75, 3.05) is 6.61 Å². The number of esters is 1. The molecular formula is C17H21NO3. The Labute approximate surface area is 124 Å². The molecule has 0 unspecified atom stereocenters. The average Bonchev–Trinajstić information content (AvgIpc) is 2.71. The van der Waals surface area contributed by atoms with Crippen LogP contribution >= 0.6 is 0 Å². The van der Waals surface area contributed by atoms with Crippen molar-refractivity contribution in [3.8, 4) is 0 Å². The summed E-state index contributed by atoms with van der Waals surface area (Å²) in [6.07, 6.45) is 0. The summed E-state index contributed by atoms with van der Waals surface area (Å²) < 4.78 is 6.79. The zero-order chi connectivity index (χ0) is 15.7. The minimum absolute atomic E-state index is 0.0808. The summed E-state index contributed by atoms with van der Waals surface area (Å²) in [6.45, 7) is 9.79. The number of Topliss-reactive ketones (excluding diaryl/α,β-unsaturated/α-hetero) is 1. The van der Waals surface area contributed by atoms with Gasteiger partial charge in [-0.25, -0.2) is 4.79 Å². The Morgan fingerprint density at radius 3 is 2.48 bits per heavy atom. The van der Waals surface area contributed by atoms with Gasteiger partial charge in [-0.15, -0.1) is 0 Å². The quantitative estimate of drug-likeness (QED) is 0.490. The van der Waals surface area contributed by atoms with E-state index < -0.39 is 11.8 Å². The van der Waals surface area contributed by atoms with Crippen molar-refractivity contribution in [2.45, 2.75) is 40.7 Å². The second-order valence-corrected chi connectivity index (χ2v) is 5.51. The molecule has 2 aromatic rings. The van der Waals surface area contributed by atoms with Crippen molar-refractivity contribution in [1.82, 2.24) is 4.57 Å². The molecule has 0 N–H and O–H groups in total. The lowest BCUT2D eigenvalue weighted by Crippen LogP contribution is -2.22. The first kappa shape index (κ1) is 15.3. The summed E-state index contributed by atoms with van der Waals surface area (Å²) in [5.41, 5.74) is 3.37. The second-order valence-electron chi connectivity index (χ2n) is 5.51. The first-order chi connectivity index (χ1) is 9.88. The number of nitrogens with zero attached hydrogens (tertiary/aromatic N) is 1. The van der Waals surface area contributed by atoms with Gasteiger partial charge in [0.15, 0.2) is 0 Å². The highest BCUT2D eigenvalue weighted by atomic mass is 16.5. The van der Waals surface area contributed by atoms with E-state index in [1.807, 2.05) is 50.5 Å². The molecule has 0 saturated heterocycles. The van der Waals surface area contributed by atoms with E-state index in [1.54, 1.807) is 6.92 Å². The zero-order valence-electron chi connectivity index (χ0n) is 13.2. The summed E-state index contributed by atoms with van der Waals surface area (Å²) >= 11 is 0. The molecule has 0 amide bonds. The number of aromatic nitrogens is 1. The maximum atomic E-state index is 12.4. The highest BCUT2D eigenvalue weighted by molar-refractivity contribution is 6.41. The Balaban J connectivity index is 2.72. The molecule has 0 aliphatic carbocycles. The Bertz CT molecular complexity index is 710. The fraction of sp³-hybridized carbons (Fsp3) is 0.412. The van der Waals surface area contributed by atoms with Crippen LogP contribution in [-0.2, 0) is 9.53 Å². The number of aryl methyl sites for hydroxylation is 2. The van der Waals surface area contributed by atoms with E-state index in [0.29, 0.717) is 5.69 Å². The van der Waals surface area contributed by atoms with Crippen molar-refractivity contribution >= 4 is 22.7 Å². The van der Waals surface area contributed by atoms with Crippen molar-refractivity contribution in [1.29, 1.82) is 0 Å². The summed E-state index contributed by atoms with van der Waals surface area (Å²) in [5.74, 6) is -1.36. The van der Waals surface area contributed by atoms with Gasteiger partial charge in [0.2, 0.25) is 0 Å². The van der Waals surface area contributed by atoms with Crippen molar-refractivity contribution < 1.29 is 14.3 Å². The van der Waals surface area contributed by atoms with E-state index in [9.17, 15) is 9.59 Å². The van der Waals surface area contributed by atoms with Crippen LogP contribution in [0.4, 0.5) is 0 Å². The van der Waals surface area contributed by atoms with Crippen molar-refractivity contribution in [2.24, 2.45) is 0 Å². The highest BCUT2D eigenvalue weighted by Crippen LogP contribution is 2.30. The van der Waals surface area contributed by atoms with Gasteiger partial charge in [-0.05, 0) is 52.3 Å². The van der Waals surface area contributed by atoms with Crippen LogP contribution in [0.25, 0.3) is 10.9 Å². The first-order valence-corrected chi connectivity index (χ1v) is 7.21. The van der Waals surface area contributed by atoms with Crippen LogP contribution in [0.2, 0.25) is 0 Å². The number of ketones is 1. The molecule has 1 aromatic carbocycles. The minimum atomic E-state index is -0.790. The molecule has 1 aromatic heterocycles. The number of carbonyl (C=O) groups is 2. The van der Waals surface area contributed by atoms with Gasteiger partial charge < -0.3 is 9.30 Å². The van der Waals surface area contributed by atoms with E-state index in [-0.39, 0.29) is 12.6 Å². The van der Waals surface area contributed by atoms with E-state index in [1.165, 1.54) is 0 Å². The summed E-state index contributed by atoms with van der Waals surface area (Å²) in [4.78, 5) is 24.3. The van der Waals surface area contributed by atoms with E-state index in [4.69, 9.17) is 4.74 Å². The van der Waals surface area contributed by atoms with Gasteiger partial charge in [0.25, 0.3) is 5.78 Å². The minimum Gasteiger partial charge on any atom is -0.460 e. The van der Waals surface area contributed by atoms with Gasteiger partial charge in [-0.1, -0.05) is 11.6 Å². The molecular weight excluding hydrogens is 266 g/mol. The normalized spacial score (nSPS) is 11.1. The maximum absolute atomic E-state index is 12.4. The van der Waals surface area contributed by atoms with Crippen LogP contribution in [0.15, 0.2) is 18.2 Å². The lowest BCUT2D eigenvalue weighted by Gasteiger charge is -2.14. The monoisotopic (exact) mass is 287 g/mol. The number of hydrogen-bond acceptors (Lipinski definition) is 3. The first-order valence-electron chi connectivity index (χ1n) is 7.21. The van der Waals surface area contributed by atoms with Crippen LogP contribution in [0.5, 0.6) is 0 Å². The molecule has 0 aliphatic heterocycles. The number of benzene rings is 1. The lowest BCUT2D eigenvalue weighted by atomic mass is 10.1. The fourth-order valence-electron chi connectivity index (χ4n) is 2.70. The Morgan fingerprint density at radius 2 is 1.90 bits per heavy atom. The van der Waals surface area contributed by atoms with E-state index in [2.05, 4.69) is 0 Å². The van der Waals surface area contributed by atoms with Crippen LogP contribution in [-0.4, -0.2) is 22.9 Å². The standard InChI is InChI=1S/C17H21NO3/c1-6-21-17(20)16(19)15-12(5)13-9-11(4)7-8-14(13)18(15)10(2)3/h7-10H,6H2,1-5H3. The number of rotatable bonds is 4. The van der Waals surface area contributed by atoms with Crippen molar-refractivity contribution in [3.05, 3.63) is 35.0 Å². The summed E-state index contributed by atoms with van der Waals surface area (Å²) in [6, 6.07) is 6.14. The molecule has 0 radical (unpaired) electrons. The maximum Gasteiger partial charge on any atom is 0.381 e. The molecule has 2 rings (SSSR count). The van der Waals surface area contributed by atoms with E-state index in [0.717, 1.165) is 22.0 Å². The summed E-state index contributed by atoms with van der Waals surface area (Å²) in [5, 5.41) is 1.01. The molecule has 112 valence electrons. The molecule has 4 heteroatoms. The number of fused-ring (bicyclic) bond motifs is 1. The third-order valence-electron chi connectivity index (χ3n) is 3.60.